The number of ether oxygens (including phenoxy) is 1. The second-order valence-corrected chi connectivity index (χ2v) is 6.16. The number of hydrogen-bond donors (Lipinski definition) is 1. The number of carbonyl (C=O) groups is 2. The van der Waals surface area contributed by atoms with Gasteiger partial charge in [-0.3, -0.25) is 24.7 Å². The zero-order valence-corrected chi connectivity index (χ0v) is 15.9. The van der Waals surface area contributed by atoms with Crippen LogP contribution in [-0.4, -0.2) is 28.7 Å². The van der Waals surface area contributed by atoms with Crippen LogP contribution < -0.4 is 10.1 Å². The first-order valence-corrected chi connectivity index (χ1v) is 8.84. The summed E-state index contributed by atoms with van der Waals surface area (Å²) in [4.78, 5) is 40.2. The minimum absolute atomic E-state index is 0.0897. The zero-order chi connectivity index (χ0) is 21.5. The van der Waals surface area contributed by atoms with Crippen molar-refractivity contribution in [1.29, 1.82) is 0 Å². The molecule has 1 amide bonds. The molecule has 8 nitrogen and oxygen atoms in total. The lowest BCUT2D eigenvalue weighted by Crippen LogP contribution is -2.21. The van der Waals surface area contributed by atoms with Crippen molar-refractivity contribution >= 4 is 29.1 Å². The maximum Gasteiger partial charge on any atom is 0.269 e. The molecule has 0 fully saturated rings. The Bertz CT molecular complexity index is 1110. The average Bonchev–Trinajstić information content (AvgIpc) is 2.78. The standard InChI is InChI=1S/C22H17N3O5/c1-30-19-6-2-5-17(13-19)24-22(27)20(21(26)16-4-3-11-23-14-16)12-15-7-9-18(10-8-15)25(28)29/h2-14H,1H3,(H,24,27)/b20-12+. The largest absolute Gasteiger partial charge is 0.497 e. The van der Waals surface area contributed by atoms with Gasteiger partial charge in [-0.1, -0.05) is 6.07 Å². The van der Waals surface area contributed by atoms with E-state index in [-0.39, 0.29) is 16.8 Å². The molecule has 3 rings (SSSR count). The van der Waals surface area contributed by atoms with Gasteiger partial charge >= 0.3 is 0 Å². The minimum Gasteiger partial charge on any atom is -0.497 e. The van der Waals surface area contributed by atoms with E-state index in [1.807, 2.05) is 0 Å². The summed E-state index contributed by atoms with van der Waals surface area (Å²) in [6.45, 7) is 0. The van der Waals surface area contributed by atoms with Crippen LogP contribution in [0.1, 0.15) is 15.9 Å². The van der Waals surface area contributed by atoms with E-state index in [1.165, 1.54) is 49.8 Å². The molecule has 0 aliphatic carbocycles. The number of aromatic nitrogens is 1. The number of ketones is 1. The molecule has 3 aromatic rings. The molecule has 0 bridgehead atoms. The summed E-state index contributed by atoms with van der Waals surface area (Å²) in [5.74, 6) is -0.607. The number of methoxy groups -OCH3 is 1. The fourth-order valence-electron chi connectivity index (χ4n) is 2.64. The highest BCUT2D eigenvalue weighted by Gasteiger charge is 2.21. The third-order valence-corrected chi connectivity index (χ3v) is 4.16. The highest BCUT2D eigenvalue weighted by Crippen LogP contribution is 2.20. The van der Waals surface area contributed by atoms with Crippen LogP contribution in [0.5, 0.6) is 5.75 Å². The summed E-state index contributed by atoms with van der Waals surface area (Å²) in [6, 6.07) is 15.4. The van der Waals surface area contributed by atoms with E-state index in [0.29, 0.717) is 17.0 Å². The molecule has 0 atom stereocenters. The van der Waals surface area contributed by atoms with Gasteiger partial charge in [-0.25, -0.2) is 0 Å². The zero-order valence-electron chi connectivity index (χ0n) is 15.9. The van der Waals surface area contributed by atoms with Crippen LogP contribution in [0.25, 0.3) is 6.08 Å². The number of Topliss-reactive ketones (excluding diaryl/α,β-unsaturated/α-hetero) is 1. The molecule has 1 aromatic heterocycles. The van der Waals surface area contributed by atoms with Gasteiger partial charge in [-0.2, -0.15) is 0 Å². The number of nitro benzene ring substituents is 1. The number of hydrogen-bond acceptors (Lipinski definition) is 6. The summed E-state index contributed by atoms with van der Waals surface area (Å²) in [5.41, 5.74) is 0.931. The Morgan fingerprint density at radius 3 is 2.50 bits per heavy atom. The fraction of sp³-hybridized carbons (Fsp3) is 0.0455. The summed E-state index contributed by atoms with van der Waals surface area (Å²) in [5, 5.41) is 13.5. The highest BCUT2D eigenvalue weighted by atomic mass is 16.6. The minimum atomic E-state index is -0.629. The van der Waals surface area contributed by atoms with E-state index in [2.05, 4.69) is 10.3 Å². The Labute approximate surface area is 172 Å². The number of pyridine rings is 1. The first kappa shape index (κ1) is 20.4. The van der Waals surface area contributed by atoms with Crippen molar-refractivity contribution < 1.29 is 19.2 Å². The van der Waals surface area contributed by atoms with Gasteiger partial charge in [0, 0.05) is 41.8 Å². The predicted molar refractivity (Wildman–Crippen MR) is 111 cm³/mol. The summed E-state index contributed by atoms with van der Waals surface area (Å²) >= 11 is 0. The van der Waals surface area contributed by atoms with Crippen LogP contribution in [-0.2, 0) is 4.79 Å². The number of benzene rings is 2. The van der Waals surface area contributed by atoms with Crippen molar-refractivity contribution in [2.45, 2.75) is 0 Å². The first-order valence-electron chi connectivity index (χ1n) is 8.84. The van der Waals surface area contributed by atoms with Crippen LogP contribution in [0, 0.1) is 10.1 Å². The summed E-state index contributed by atoms with van der Waals surface area (Å²) < 4.78 is 5.14. The van der Waals surface area contributed by atoms with Crippen molar-refractivity contribution in [3.8, 4) is 5.75 Å². The maximum atomic E-state index is 13.0. The van der Waals surface area contributed by atoms with E-state index in [0.717, 1.165) is 0 Å². The van der Waals surface area contributed by atoms with E-state index in [4.69, 9.17) is 4.74 Å². The number of nitrogens with zero attached hydrogens (tertiary/aromatic N) is 2. The number of nitro groups is 1. The number of non-ortho nitro benzene ring substituents is 1. The van der Waals surface area contributed by atoms with Crippen LogP contribution in [0.4, 0.5) is 11.4 Å². The normalized spacial score (nSPS) is 10.9. The SMILES string of the molecule is COc1cccc(NC(=O)/C(=C/c2ccc([N+](=O)[O-])cc2)C(=O)c2cccnc2)c1. The quantitative estimate of drug-likeness (QED) is 0.160. The van der Waals surface area contributed by atoms with Crippen LogP contribution in [0.2, 0.25) is 0 Å². The summed E-state index contributed by atoms with van der Waals surface area (Å²) in [7, 11) is 1.51. The van der Waals surface area contributed by atoms with E-state index < -0.39 is 16.6 Å². The number of anilines is 1. The maximum absolute atomic E-state index is 13.0. The number of rotatable bonds is 7. The summed E-state index contributed by atoms with van der Waals surface area (Å²) in [6.07, 6.45) is 4.27. The fourth-order valence-corrected chi connectivity index (χ4v) is 2.64. The molecule has 0 radical (unpaired) electrons. The molecule has 0 saturated heterocycles. The van der Waals surface area contributed by atoms with Gasteiger partial charge in [0.15, 0.2) is 5.78 Å². The third kappa shape index (κ3) is 4.93. The number of amides is 1. The monoisotopic (exact) mass is 403 g/mol. The smallest absolute Gasteiger partial charge is 0.269 e. The van der Waals surface area contributed by atoms with Crippen LogP contribution >= 0.6 is 0 Å². The Balaban J connectivity index is 1.97. The van der Waals surface area contributed by atoms with E-state index in [1.54, 1.807) is 36.4 Å². The Hall–Kier alpha value is -4.33. The second-order valence-electron chi connectivity index (χ2n) is 6.16. The van der Waals surface area contributed by atoms with Gasteiger partial charge in [0.1, 0.15) is 5.75 Å². The first-order chi connectivity index (χ1) is 14.5. The molecule has 30 heavy (non-hydrogen) atoms. The van der Waals surface area contributed by atoms with Gasteiger partial charge in [-0.15, -0.1) is 0 Å². The average molecular weight is 403 g/mol. The molecule has 0 saturated carbocycles. The Morgan fingerprint density at radius 1 is 1.10 bits per heavy atom. The lowest BCUT2D eigenvalue weighted by atomic mass is 10.0. The van der Waals surface area contributed by atoms with Gasteiger partial charge in [0.2, 0.25) is 0 Å². The molecule has 0 aliphatic rings. The molecule has 150 valence electrons. The molecule has 0 unspecified atom stereocenters. The molecular weight excluding hydrogens is 386 g/mol. The molecule has 2 aromatic carbocycles. The van der Waals surface area contributed by atoms with Crippen molar-refractivity contribution in [2.75, 3.05) is 12.4 Å². The van der Waals surface area contributed by atoms with Gasteiger partial charge < -0.3 is 10.1 Å². The van der Waals surface area contributed by atoms with E-state index >= 15 is 0 Å². The Kier molecular flexibility index (Phi) is 6.29. The van der Waals surface area contributed by atoms with Crippen LogP contribution in [0.15, 0.2) is 78.6 Å². The third-order valence-electron chi connectivity index (χ3n) is 4.16. The van der Waals surface area contributed by atoms with E-state index in [9.17, 15) is 19.7 Å². The highest BCUT2D eigenvalue weighted by molar-refractivity contribution is 6.31. The molecule has 0 aliphatic heterocycles. The molecular formula is C22H17N3O5. The predicted octanol–water partition coefficient (Wildman–Crippen LogP) is 3.90. The van der Waals surface area contributed by atoms with Crippen molar-refractivity contribution in [3.63, 3.8) is 0 Å². The molecule has 0 spiro atoms. The van der Waals surface area contributed by atoms with Crippen molar-refractivity contribution in [3.05, 3.63) is 99.9 Å². The number of nitrogens with one attached hydrogen (secondary N) is 1. The topological polar surface area (TPSA) is 111 Å². The van der Waals surface area contributed by atoms with Crippen LogP contribution in [0.3, 0.4) is 0 Å². The lowest BCUT2D eigenvalue weighted by molar-refractivity contribution is -0.384. The van der Waals surface area contributed by atoms with Gasteiger partial charge in [-0.05, 0) is 48.0 Å². The van der Waals surface area contributed by atoms with Crippen molar-refractivity contribution in [1.82, 2.24) is 4.98 Å². The Morgan fingerprint density at radius 2 is 1.87 bits per heavy atom. The van der Waals surface area contributed by atoms with Gasteiger partial charge in [0.05, 0.1) is 17.6 Å². The van der Waals surface area contributed by atoms with Crippen molar-refractivity contribution in [2.24, 2.45) is 0 Å². The van der Waals surface area contributed by atoms with Gasteiger partial charge in [0.25, 0.3) is 11.6 Å². The second kappa shape index (κ2) is 9.24. The lowest BCUT2D eigenvalue weighted by Gasteiger charge is -2.10. The number of carbonyl (C=O) groups excluding carboxylic acids is 2. The molecule has 8 heteroatoms. The molecule has 1 N–H and O–H groups in total. The molecule has 1 heterocycles.